The van der Waals surface area contributed by atoms with Crippen LogP contribution in [0.4, 0.5) is 0 Å². The van der Waals surface area contributed by atoms with E-state index in [1.54, 1.807) is 43.3 Å². The average Bonchev–Trinajstić information content (AvgIpc) is 3.11. The van der Waals surface area contributed by atoms with E-state index < -0.39 is 15.3 Å². The third-order valence-corrected chi connectivity index (χ3v) is 6.62. The lowest BCUT2D eigenvalue weighted by Gasteiger charge is -2.37. The molecule has 0 spiro atoms. The smallest absolute Gasteiger partial charge is 0.230 e. The van der Waals surface area contributed by atoms with Crippen molar-refractivity contribution >= 4 is 28.2 Å². The molecule has 9 heteroatoms. The lowest BCUT2D eigenvalue weighted by Crippen LogP contribution is -2.51. The number of nitrogens with zero attached hydrogens (tertiary/aromatic N) is 2. The van der Waals surface area contributed by atoms with Crippen LogP contribution in [0.3, 0.4) is 0 Å². The maximum atomic E-state index is 12.8. The number of aryl methyl sites for hydroxylation is 1. The molecule has 1 saturated heterocycles. The Morgan fingerprint density at radius 1 is 1.29 bits per heavy atom. The van der Waals surface area contributed by atoms with Crippen LogP contribution >= 0.6 is 12.4 Å². The molecule has 1 aliphatic heterocycles. The van der Waals surface area contributed by atoms with E-state index in [0.29, 0.717) is 18.7 Å². The second-order valence-corrected chi connectivity index (χ2v) is 9.28. The van der Waals surface area contributed by atoms with E-state index in [2.05, 4.69) is 10.5 Å². The molecule has 1 amide bonds. The summed E-state index contributed by atoms with van der Waals surface area (Å²) in [6.45, 7) is 3.29. The van der Waals surface area contributed by atoms with Gasteiger partial charge in [0.15, 0.2) is 0 Å². The van der Waals surface area contributed by atoms with Gasteiger partial charge in [-0.1, -0.05) is 22.9 Å². The second kappa shape index (κ2) is 8.63. The standard InChI is InChI=1S/C19H25N3O4S.ClH/c1-14-5-7-16(8-6-14)27(24,25)17-11-15(26-21-17)12-19(18(23)22(2)3)9-4-10-20-13-19;/h5-8,11,20H,4,9-10,12-13H2,1-3H3;1H. The molecule has 0 aliphatic carbocycles. The molecular weight excluding hydrogens is 402 g/mol. The highest BCUT2D eigenvalue weighted by Crippen LogP contribution is 2.33. The van der Waals surface area contributed by atoms with Crippen LogP contribution in [0.15, 0.2) is 44.8 Å². The fourth-order valence-corrected chi connectivity index (χ4v) is 4.68. The lowest BCUT2D eigenvalue weighted by molar-refractivity contribution is -0.140. The maximum absolute atomic E-state index is 12.8. The minimum atomic E-state index is -3.75. The number of hydrogen-bond acceptors (Lipinski definition) is 6. The zero-order valence-corrected chi connectivity index (χ0v) is 17.9. The summed E-state index contributed by atoms with van der Waals surface area (Å²) in [6, 6.07) is 8.04. The number of carbonyl (C=O) groups excluding carboxylic acids is 1. The van der Waals surface area contributed by atoms with Crippen molar-refractivity contribution in [3.05, 3.63) is 41.7 Å². The minimum absolute atomic E-state index is 0. The fourth-order valence-electron chi connectivity index (χ4n) is 3.53. The predicted octanol–water partition coefficient (Wildman–Crippen LogP) is 2.24. The van der Waals surface area contributed by atoms with Crippen molar-refractivity contribution in [2.24, 2.45) is 5.41 Å². The molecule has 1 unspecified atom stereocenters. The first-order valence-corrected chi connectivity index (χ1v) is 10.4. The average molecular weight is 428 g/mol. The molecule has 1 N–H and O–H groups in total. The molecule has 1 fully saturated rings. The SMILES string of the molecule is Cc1ccc(S(=O)(=O)c2cc(CC3(C(=O)N(C)C)CCCNC3)on2)cc1.Cl. The van der Waals surface area contributed by atoms with Gasteiger partial charge in [-0.05, 0) is 38.4 Å². The Balaban J connectivity index is 0.00000280. The van der Waals surface area contributed by atoms with Gasteiger partial charge in [-0.15, -0.1) is 12.4 Å². The van der Waals surface area contributed by atoms with Gasteiger partial charge in [-0.25, -0.2) is 8.42 Å². The highest BCUT2D eigenvalue weighted by Gasteiger charge is 2.42. The van der Waals surface area contributed by atoms with E-state index >= 15 is 0 Å². The Labute approximate surface area is 171 Å². The van der Waals surface area contributed by atoms with Crippen molar-refractivity contribution in [3.63, 3.8) is 0 Å². The molecule has 7 nitrogen and oxygen atoms in total. The highest BCUT2D eigenvalue weighted by atomic mass is 35.5. The summed E-state index contributed by atoms with van der Waals surface area (Å²) in [5, 5.41) is 6.92. The van der Waals surface area contributed by atoms with Gasteiger partial charge in [-0.2, -0.15) is 0 Å². The number of piperidine rings is 1. The first-order valence-electron chi connectivity index (χ1n) is 8.94. The predicted molar refractivity (Wildman–Crippen MR) is 107 cm³/mol. The molecule has 2 heterocycles. The number of carbonyl (C=O) groups is 1. The van der Waals surface area contributed by atoms with E-state index in [9.17, 15) is 13.2 Å². The van der Waals surface area contributed by atoms with Gasteiger partial charge < -0.3 is 14.7 Å². The molecule has 3 rings (SSSR count). The van der Waals surface area contributed by atoms with Gasteiger partial charge in [-0.3, -0.25) is 4.79 Å². The molecule has 1 aromatic carbocycles. The lowest BCUT2D eigenvalue weighted by atomic mass is 9.76. The van der Waals surface area contributed by atoms with Crippen molar-refractivity contribution in [1.29, 1.82) is 0 Å². The van der Waals surface area contributed by atoms with Crippen LogP contribution in [0.2, 0.25) is 0 Å². The van der Waals surface area contributed by atoms with E-state index in [4.69, 9.17) is 4.52 Å². The monoisotopic (exact) mass is 427 g/mol. The van der Waals surface area contributed by atoms with Gasteiger partial charge in [0.05, 0.1) is 10.3 Å². The number of nitrogens with one attached hydrogen (secondary N) is 1. The van der Waals surface area contributed by atoms with Crippen molar-refractivity contribution in [2.45, 2.75) is 36.1 Å². The summed E-state index contributed by atoms with van der Waals surface area (Å²) in [5.74, 6) is 0.411. The van der Waals surface area contributed by atoms with Crippen LogP contribution in [-0.2, 0) is 21.1 Å². The summed E-state index contributed by atoms with van der Waals surface area (Å²) >= 11 is 0. The van der Waals surface area contributed by atoms with Crippen LogP contribution in [0.25, 0.3) is 0 Å². The quantitative estimate of drug-likeness (QED) is 0.786. The van der Waals surface area contributed by atoms with Gasteiger partial charge in [0, 0.05) is 33.1 Å². The Hall–Kier alpha value is -1.90. The van der Waals surface area contributed by atoms with Gasteiger partial charge in [0.25, 0.3) is 0 Å². The van der Waals surface area contributed by atoms with E-state index in [1.165, 1.54) is 6.07 Å². The molecule has 1 aromatic heterocycles. The Kier molecular flexibility index (Phi) is 6.90. The number of sulfone groups is 1. The van der Waals surface area contributed by atoms with Gasteiger partial charge >= 0.3 is 0 Å². The molecule has 154 valence electrons. The number of rotatable bonds is 5. The number of benzene rings is 1. The van der Waals surface area contributed by atoms with E-state index in [0.717, 1.165) is 24.9 Å². The summed E-state index contributed by atoms with van der Waals surface area (Å²) in [6.07, 6.45) is 1.91. The summed E-state index contributed by atoms with van der Waals surface area (Å²) in [7, 11) is -0.291. The normalized spacial score (nSPS) is 19.7. The van der Waals surface area contributed by atoms with Crippen LogP contribution in [0.5, 0.6) is 0 Å². The zero-order chi connectivity index (χ0) is 19.7. The first-order chi connectivity index (χ1) is 12.7. The fraction of sp³-hybridized carbons (Fsp3) is 0.474. The molecular formula is C19H26ClN3O4S. The highest BCUT2D eigenvalue weighted by molar-refractivity contribution is 7.91. The number of hydrogen-bond donors (Lipinski definition) is 1. The number of halogens is 1. The Morgan fingerprint density at radius 2 is 1.96 bits per heavy atom. The van der Waals surface area contributed by atoms with Crippen LogP contribution in [0.1, 0.15) is 24.2 Å². The van der Waals surface area contributed by atoms with Crippen LogP contribution < -0.4 is 5.32 Å². The minimum Gasteiger partial charge on any atom is -0.360 e. The molecule has 0 bridgehead atoms. The number of amides is 1. The molecule has 0 saturated carbocycles. The summed E-state index contributed by atoms with van der Waals surface area (Å²) < 4.78 is 30.9. The molecule has 1 aliphatic rings. The molecule has 2 aromatic rings. The molecule has 28 heavy (non-hydrogen) atoms. The first kappa shape index (κ1) is 22.4. The Morgan fingerprint density at radius 3 is 2.54 bits per heavy atom. The topological polar surface area (TPSA) is 92.5 Å². The number of aromatic nitrogens is 1. The van der Waals surface area contributed by atoms with E-state index in [1.807, 2.05) is 6.92 Å². The third-order valence-electron chi connectivity index (χ3n) is 4.99. The van der Waals surface area contributed by atoms with Gasteiger partial charge in [0.1, 0.15) is 5.76 Å². The second-order valence-electron chi connectivity index (χ2n) is 7.38. The maximum Gasteiger partial charge on any atom is 0.230 e. The third kappa shape index (κ3) is 4.39. The molecule has 0 radical (unpaired) electrons. The van der Waals surface area contributed by atoms with Gasteiger partial charge in [0.2, 0.25) is 20.8 Å². The van der Waals surface area contributed by atoms with Crippen molar-refractivity contribution in [3.8, 4) is 0 Å². The van der Waals surface area contributed by atoms with Crippen LogP contribution in [0, 0.1) is 12.3 Å². The zero-order valence-electron chi connectivity index (χ0n) is 16.3. The molecule has 1 atom stereocenters. The van der Waals surface area contributed by atoms with Crippen molar-refractivity contribution < 1.29 is 17.7 Å². The summed E-state index contributed by atoms with van der Waals surface area (Å²) in [4.78, 5) is 14.5. The van der Waals surface area contributed by atoms with Crippen molar-refractivity contribution in [1.82, 2.24) is 15.4 Å². The van der Waals surface area contributed by atoms with Crippen LogP contribution in [-0.4, -0.2) is 51.6 Å². The van der Waals surface area contributed by atoms with Crippen molar-refractivity contribution in [2.75, 3.05) is 27.2 Å². The summed E-state index contributed by atoms with van der Waals surface area (Å²) in [5.41, 5.74) is 0.329. The van der Waals surface area contributed by atoms with E-state index in [-0.39, 0.29) is 28.2 Å². The largest absolute Gasteiger partial charge is 0.360 e. The Bertz CT molecular complexity index is 917.